The molecular weight excluding hydrogens is 397 g/mol. The number of piperidine rings is 1. The summed E-state index contributed by atoms with van der Waals surface area (Å²) in [5.74, 6) is 0.574. The molecule has 3 rings (SSSR count). The molecule has 1 saturated heterocycles. The summed E-state index contributed by atoms with van der Waals surface area (Å²) in [5.41, 5.74) is 1.92. The average Bonchev–Trinajstić information content (AvgIpc) is 2.65. The minimum Gasteiger partial charge on any atom is -0.497 e. The molecule has 0 saturated carbocycles. The van der Waals surface area contributed by atoms with Crippen molar-refractivity contribution in [3.8, 4) is 5.75 Å². The van der Waals surface area contributed by atoms with Gasteiger partial charge in [-0.2, -0.15) is 0 Å². The zero-order valence-corrected chi connectivity index (χ0v) is 19.3. The van der Waals surface area contributed by atoms with E-state index >= 15 is 0 Å². The van der Waals surface area contributed by atoms with Crippen LogP contribution in [0, 0.1) is 5.82 Å². The van der Waals surface area contributed by atoms with E-state index in [1.807, 2.05) is 36.4 Å². The van der Waals surface area contributed by atoms with Gasteiger partial charge in [0.1, 0.15) is 11.6 Å². The van der Waals surface area contributed by atoms with Crippen molar-refractivity contribution in [1.29, 1.82) is 0 Å². The van der Waals surface area contributed by atoms with Gasteiger partial charge in [-0.25, -0.2) is 4.39 Å². The molecule has 0 aromatic heterocycles. The molecule has 2 aromatic carbocycles. The Morgan fingerprint density at radius 3 is 2.17 bits per heavy atom. The quantitative estimate of drug-likeness (QED) is 0.627. The topological polar surface area (TPSA) is 36.5 Å². The van der Waals surface area contributed by atoms with E-state index in [-0.39, 0.29) is 22.9 Å². The third-order valence-corrected chi connectivity index (χ3v) is 5.81. The van der Waals surface area contributed by atoms with Crippen LogP contribution in [0.15, 0.2) is 48.5 Å². The van der Waals surface area contributed by atoms with E-state index in [9.17, 15) is 4.39 Å². The highest BCUT2D eigenvalue weighted by molar-refractivity contribution is 7.80. The first-order valence-electron chi connectivity index (χ1n) is 10.3. The van der Waals surface area contributed by atoms with Crippen LogP contribution < -0.4 is 15.4 Å². The Kier molecular flexibility index (Phi) is 6.68. The van der Waals surface area contributed by atoms with Crippen LogP contribution in [-0.4, -0.2) is 34.2 Å². The third kappa shape index (κ3) is 5.92. The number of nitrogens with zero attached hydrogens (tertiary/aromatic N) is 1. The van der Waals surface area contributed by atoms with E-state index < -0.39 is 0 Å². The summed E-state index contributed by atoms with van der Waals surface area (Å²) < 4.78 is 18.7. The number of hydrogen-bond donors (Lipinski definition) is 2. The van der Waals surface area contributed by atoms with Crippen LogP contribution in [0.25, 0.3) is 0 Å². The zero-order valence-electron chi connectivity index (χ0n) is 18.5. The fourth-order valence-electron chi connectivity index (χ4n) is 4.51. The highest BCUT2D eigenvalue weighted by atomic mass is 32.1. The Hall–Kier alpha value is -2.18. The van der Waals surface area contributed by atoms with Crippen LogP contribution in [0.2, 0.25) is 0 Å². The van der Waals surface area contributed by atoms with E-state index in [0.717, 1.165) is 29.8 Å². The molecule has 4 nitrogen and oxygen atoms in total. The molecule has 0 spiro atoms. The fraction of sp³-hybridized carbons (Fsp3) is 0.458. The van der Waals surface area contributed by atoms with Crippen molar-refractivity contribution < 1.29 is 9.13 Å². The smallest absolute Gasteiger partial charge is 0.173 e. The van der Waals surface area contributed by atoms with Gasteiger partial charge in [0, 0.05) is 29.4 Å². The molecule has 6 heteroatoms. The Bertz CT molecular complexity index is 849. The molecule has 0 bridgehead atoms. The lowest BCUT2D eigenvalue weighted by atomic mass is 9.79. The Morgan fingerprint density at radius 2 is 1.63 bits per heavy atom. The van der Waals surface area contributed by atoms with Gasteiger partial charge in [0.2, 0.25) is 0 Å². The number of ether oxygens (including phenoxy) is 1. The summed E-state index contributed by atoms with van der Waals surface area (Å²) in [6, 6.07) is 14.6. The summed E-state index contributed by atoms with van der Waals surface area (Å²) in [6.07, 6.45) is 1.92. The number of hydrogen-bond acceptors (Lipinski definition) is 3. The van der Waals surface area contributed by atoms with E-state index in [0.29, 0.717) is 11.7 Å². The average molecular weight is 430 g/mol. The maximum atomic E-state index is 13.4. The maximum absolute atomic E-state index is 13.4. The van der Waals surface area contributed by atoms with Crippen LogP contribution in [0.3, 0.4) is 0 Å². The number of thiocarbonyl (C=S) groups is 1. The van der Waals surface area contributed by atoms with Crippen molar-refractivity contribution in [2.24, 2.45) is 0 Å². The molecule has 0 atom stereocenters. The summed E-state index contributed by atoms with van der Waals surface area (Å²) in [4.78, 5) is 2.25. The van der Waals surface area contributed by atoms with Crippen molar-refractivity contribution in [3.63, 3.8) is 0 Å². The molecule has 2 N–H and O–H groups in total. The Balaban J connectivity index is 1.85. The summed E-state index contributed by atoms with van der Waals surface area (Å²) in [7, 11) is 1.65. The second kappa shape index (κ2) is 8.90. The SMILES string of the molecule is COc1ccc(NC(=S)N(Cc2ccc(F)cc2)C2CC(C)(C)NC(C)(C)C2)cc1. The highest BCUT2D eigenvalue weighted by Crippen LogP contribution is 2.33. The first-order chi connectivity index (χ1) is 14.1. The summed E-state index contributed by atoms with van der Waals surface area (Å²) >= 11 is 5.86. The van der Waals surface area contributed by atoms with Crippen LogP contribution in [0.5, 0.6) is 5.75 Å². The van der Waals surface area contributed by atoms with Gasteiger partial charge in [-0.3, -0.25) is 0 Å². The van der Waals surface area contributed by atoms with Crippen molar-refractivity contribution >= 4 is 23.0 Å². The second-order valence-electron chi connectivity index (χ2n) is 9.37. The van der Waals surface area contributed by atoms with Gasteiger partial charge in [0.15, 0.2) is 5.11 Å². The summed E-state index contributed by atoms with van der Waals surface area (Å²) in [6.45, 7) is 9.56. The molecule has 1 aliphatic heterocycles. The minimum atomic E-state index is -0.228. The Labute approximate surface area is 184 Å². The first-order valence-corrected chi connectivity index (χ1v) is 10.7. The summed E-state index contributed by atoms with van der Waals surface area (Å²) in [5, 5.41) is 7.79. The lowest BCUT2D eigenvalue weighted by molar-refractivity contribution is 0.101. The molecular formula is C24H32FN3OS. The van der Waals surface area contributed by atoms with Crippen molar-refractivity contribution in [3.05, 3.63) is 59.9 Å². The standard InChI is InChI=1S/C24H32FN3OS/c1-23(2)14-20(15-24(3,4)27-23)28(16-17-6-8-18(25)9-7-17)22(30)26-19-10-12-21(29-5)13-11-19/h6-13,20,27H,14-16H2,1-5H3,(H,26,30). The van der Waals surface area contributed by atoms with Gasteiger partial charge in [0.25, 0.3) is 0 Å². The lowest BCUT2D eigenvalue weighted by Gasteiger charge is -2.50. The van der Waals surface area contributed by atoms with Crippen LogP contribution in [-0.2, 0) is 6.54 Å². The van der Waals surface area contributed by atoms with Crippen LogP contribution >= 0.6 is 12.2 Å². The highest BCUT2D eigenvalue weighted by Gasteiger charge is 2.40. The number of methoxy groups -OCH3 is 1. The third-order valence-electron chi connectivity index (χ3n) is 5.48. The van der Waals surface area contributed by atoms with Crippen molar-refractivity contribution in [1.82, 2.24) is 10.2 Å². The molecule has 0 aliphatic carbocycles. The van der Waals surface area contributed by atoms with Gasteiger partial charge >= 0.3 is 0 Å². The van der Waals surface area contributed by atoms with Crippen molar-refractivity contribution in [2.45, 2.75) is 64.2 Å². The molecule has 1 heterocycles. The molecule has 162 valence electrons. The van der Waals surface area contributed by atoms with E-state index in [2.05, 4.69) is 43.2 Å². The van der Waals surface area contributed by atoms with Crippen LogP contribution in [0.1, 0.15) is 46.1 Å². The molecule has 0 unspecified atom stereocenters. The molecule has 1 fully saturated rings. The minimum absolute atomic E-state index is 0.0107. The van der Waals surface area contributed by atoms with Gasteiger partial charge < -0.3 is 20.3 Å². The number of benzene rings is 2. The normalized spacial score (nSPS) is 17.9. The molecule has 0 amide bonds. The van der Waals surface area contributed by atoms with Gasteiger partial charge in [-0.05, 0) is 94.7 Å². The van der Waals surface area contributed by atoms with Gasteiger partial charge in [-0.15, -0.1) is 0 Å². The maximum Gasteiger partial charge on any atom is 0.173 e. The number of nitrogens with one attached hydrogen (secondary N) is 2. The zero-order chi connectivity index (χ0) is 21.9. The predicted octanol–water partition coefficient (Wildman–Crippen LogP) is 5.34. The molecule has 30 heavy (non-hydrogen) atoms. The number of anilines is 1. The first kappa shape index (κ1) is 22.5. The van der Waals surface area contributed by atoms with Gasteiger partial charge in [-0.1, -0.05) is 12.1 Å². The van der Waals surface area contributed by atoms with Crippen LogP contribution in [0.4, 0.5) is 10.1 Å². The molecule has 2 aromatic rings. The fourth-order valence-corrected chi connectivity index (χ4v) is 4.84. The second-order valence-corrected chi connectivity index (χ2v) is 9.75. The number of halogens is 1. The number of rotatable bonds is 5. The van der Waals surface area contributed by atoms with E-state index in [1.54, 1.807) is 7.11 Å². The van der Waals surface area contributed by atoms with Gasteiger partial charge in [0.05, 0.1) is 7.11 Å². The predicted molar refractivity (Wildman–Crippen MR) is 125 cm³/mol. The largest absolute Gasteiger partial charge is 0.497 e. The monoisotopic (exact) mass is 429 g/mol. The van der Waals surface area contributed by atoms with E-state index in [4.69, 9.17) is 17.0 Å². The van der Waals surface area contributed by atoms with Crippen molar-refractivity contribution in [2.75, 3.05) is 12.4 Å². The Morgan fingerprint density at radius 1 is 1.07 bits per heavy atom. The molecule has 0 radical (unpaired) electrons. The lowest BCUT2D eigenvalue weighted by Crippen LogP contribution is -2.63. The molecule has 1 aliphatic rings. The van der Waals surface area contributed by atoms with E-state index in [1.165, 1.54) is 12.1 Å².